The molecule has 1 aliphatic carbocycles. The predicted molar refractivity (Wildman–Crippen MR) is 108 cm³/mol. The highest BCUT2D eigenvalue weighted by atomic mass is 16.3. The summed E-state index contributed by atoms with van der Waals surface area (Å²) >= 11 is 0. The molecule has 0 heterocycles. The van der Waals surface area contributed by atoms with Gasteiger partial charge < -0.3 is 5.11 Å². The van der Waals surface area contributed by atoms with Crippen molar-refractivity contribution in [3.63, 3.8) is 0 Å². The van der Waals surface area contributed by atoms with Crippen molar-refractivity contribution in [2.45, 2.75) is 44.6 Å². The highest BCUT2D eigenvalue weighted by molar-refractivity contribution is 5.60. The molecule has 0 amide bonds. The fourth-order valence-corrected chi connectivity index (χ4v) is 4.59. The lowest BCUT2D eigenvalue weighted by Gasteiger charge is -2.40. The van der Waals surface area contributed by atoms with Gasteiger partial charge in [-0.15, -0.1) is 0 Å². The molecule has 0 atom stereocenters. The zero-order valence-electron chi connectivity index (χ0n) is 16.0. The van der Waals surface area contributed by atoms with Gasteiger partial charge in [-0.2, -0.15) is 0 Å². The molecule has 0 saturated heterocycles. The first-order valence-electron chi connectivity index (χ1n) is 9.32. The Balaban J connectivity index is 2.06. The lowest BCUT2D eigenvalue weighted by molar-refractivity contribution is 0.0775. The highest BCUT2D eigenvalue weighted by Gasteiger charge is 2.39. The average Bonchev–Trinajstić information content (AvgIpc) is 2.62. The molecule has 0 aliphatic heterocycles. The summed E-state index contributed by atoms with van der Waals surface area (Å²) < 4.78 is 0. The fourth-order valence-electron chi connectivity index (χ4n) is 4.59. The van der Waals surface area contributed by atoms with Crippen LogP contribution in [0, 0.1) is 0 Å². The zero-order chi connectivity index (χ0) is 18.5. The molecular weight excluding hydrogens is 316 g/mol. The molecule has 3 aromatic rings. The van der Waals surface area contributed by atoms with Crippen molar-refractivity contribution >= 4 is 0 Å². The van der Waals surface area contributed by atoms with Crippen molar-refractivity contribution in [1.82, 2.24) is 0 Å². The predicted octanol–water partition coefficient (Wildman–Crippen LogP) is 5.73. The van der Waals surface area contributed by atoms with Crippen molar-refractivity contribution in [2.24, 2.45) is 0 Å². The molecule has 0 fully saturated rings. The van der Waals surface area contributed by atoms with Crippen LogP contribution in [0.4, 0.5) is 0 Å². The van der Waals surface area contributed by atoms with E-state index in [2.05, 4.69) is 80.6 Å². The van der Waals surface area contributed by atoms with Crippen LogP contribution in [0.2, 0.25) is 0 Å². The van der Waals surface area contributed by atoms with Crippen LogP contribution >= 0.6 is 0 Å². The van der Waals surface area contributed by atoms with Crippen LogP contribution in [0.15, 0.2) is 72.8 Å². The molecular formula is C25H26O. The summed E-state index contributed by atoms with van der Waals surface area (Å²) in [6, 6.07) is 25.8. The monoisotopic (exact) mass is 342 g/mol. The molecule has 1 nitrogen and oxygen atoms in total. The van der Waals surface area contributed by atoms with Crippen LogP contribution in [0.1, 0.15) is 67.0 Å². The average molecular weight is 342 g/mol. The largest absolute Gasteiger partial charge is 0.386 e. The van der Waals surface area contributed by atoms with Crippen LogP contribution in [-0.4, -0.2) is 5.11 Å². The Morgan fingerprint density at radius 2 is 1.12 bits per heavy atom. The second-order valence-corrected chi connectivity index (χ2v) is 8.38. The minimum absolute atomic E-state index is 0.0344. The van der Waals surface area contributed by atoms with E-state index in [0.717, 1.165) is 5.56 Å². The Morgan fingerprint density at radius 1 is 0.692 bits per heavy atom. The minimum Gasteiger partial charge on any atom is -0.386 e. The Kier molecular flexibility index (Phi) is 3.82. The molecule has 3 aromatic carbocycles. The fraction of sp³-hybridized carbons (Fsp3) is 0.280. The molecule has 0 aromatic heterocycles. The zero-order valence-corrected chi connectivity index (χ0v) is 16.0. The molecule has 0 radical (unpaired) electrons. The number of benzene rings is 3. The first-order chi connectivity index (χ1) is 12.3. The van der Waals surface area contributed by atoms with Gasteiger partial charge >= 0.3 is 0 Å². The first kappa shape index (κ1) is 17.1. The second-order valence-electron chi connectivity index (χ2n) is 8.38. The van der Waals surface area contributed by atoms with Gasteiger partial charge in [-0.1, -0.05) is 86.6 Å². The van der Waals surface area contributed by atoms with Gasteiger partial charge in [0.2, 0.25) is 0 Å². The van der Waals surface area contributed by atoms with Crippen molar-refractivity contribution in [1.29, 1.82) is 0 Å². The van der Waals surface area contributed by atoms with Crippen LogP contribution < -0.4 is 0 Å². The Morgan fingerprint density at radius 3 is 1.62 bits per heavy atom. The molecule has 26 heavy (non-hydrogen) atoms. The van der Waals surface area contributed by atoms with E-state index in [1.54, 1.807) is 0 Å². The van der Waals surface area contributed by atoms with E-state index in [4.69, 9.17) is 0 Å². The maximum absolute atomic E-state index is 10.8. The number of aliphatic hydroxyl groups is 1. The van der Waals surface area contributed by atoms with E-state index < -0.39 is 5.60 Å². The molecule has 1 heteroatoms. The first-order valence-corrected chi connectivity index (χ1v) is 9.32. The van der Waals surface area contributed by atoms with E-state index in [1.807, 2.05) is 19.9 Å². The van der Waals surface area contributed by atoms with Crippen LogP contribution in [-0.2, 0) is 11.0 Å². The number of hydrogen-bond acceptors (Lipinski definition) is 1. The third kappa shape index (κ3) is 2.50. The molecule has 1 N–H and O–H groups in total. The van der Waals surface area contributed by atoms with Crippen molar-refractivity contribution < 1.29 is 5.11 Å². The quantitative estimate of drug-likeness (QED) is 0.630. The van der Waals surface area contributed by atoms with Gasteiger partial charge in [0.1, 0.15) is 0 Å². The summed E-state index contributed by atoms with van der Waals surface area (Å²) in [5, 5.41) is 10.8. The lowest BCUT2D eigenvalue weighted by atomic mass is 9.63. The topological polar surface area (TPSA) is 20.2 Å². The van der Waals surface area contributed by atoms with Crippen LogP contribution in [0.5, 0.6) is 0 Å². The van der Waals surface area contributed by atoms with Crippen molar-refractivity contribution in [3.05, 3.63) is 106 Å². The van der Waals surface area contributed by atoms with Crippen molar-refractivity contribution in [3.8, 4) is 0 Å². The number of hydrogen-bond donors (Lipinski definition) is 1. The summed E-state index contributed by atoms with van der Waals surface area (Å²) in [5.41, 5.74) is 6.69. The molecule has 0 saturated carbocycles. The molecule has 0 spiro atoms. The highest BCUT2D eigenvalue weighted by Crippen LogP contribution is 2.50. The van der Waals surface area contributed by atoms with Gasteiger partial charge in [0.15, 0.2) is 0 Å². The van der Waals surface area contributed by atoms with Gasteiger partial charge in [-0.3, -0.25) is 0 Å². The Labute approximate surface area is 156 Å². The summed E-state index contributed by atoms with van der Waals surface area (Å²) in [7, 11) is 0. The summed E-state index contributed by atoms with van der Waals surface area (Å²) in [5.74, 6) is 0.137. The summed E-state index contributed by atoms with van der Waals surface area (Å²) in [4.78, 5) is 0. The summed E-state index contributed by atoms with van der Waals surface area (Å²) in [6.45, 7) is 8.36. The number of fused-ring (bicyclic) bond motifs is 2. The molecule has 0 unspecified atom stereocenters. The van der Waals surface area contributed by atoms with Gasteiger partial charge in [0.05, 0.1) is 5.60 Å². The number of rotatable bonds is 2. The molecule has 132 valence electrons. The van der Waals surface area contributed by atoms with E-state index in [0.29, 0.717) is 0 Å². The maximum Gasteiger partial charge on any atom is 0.0843 e. The second kappa shape index (κ2) is 5.82. The standard InChI is InChI=1S/C25H26O/c1-24(2)20-14-8-5-11-17(20)23(18-12-6-9-15-21(18)24)19-13-7-10-16-22(19)25(3,4)26/h5-16,23,26H,1-4H3. The van der Waals surface area contributed by atoms with Gasteiger partial charge in [-0.25, -0.2) is 0 Å². The molecule has 1 aliphatic rings. The van der Waals surface area contributed by atoms with Crippen LogP contribution in [0.25, 0.3) is 0 Å². The molecule has 0 bridgehead atoms. The minimum atomic E-state index is -0.882. The Bertz CT molecular complexity index is 910. The van der Waals surface area contributed by atoms with Gasteiger partial charge in [0.25, 0.3) is 0 Å². The van der Waals surface area contributed by atoms with E-state index in [-0.39, 0.29) is 11.3 Å². The summed E-state index contributed by atoms with van der Waals surface area (Å²) in [6.07, 6.45) is 0. The van der Waals surface area contributed by atoms with E-state index >= 15 is 0 Å². The third-order valence-electron chi connectivity index (χ3n) is 5.82. The van der Waals surface area contributed by atoms with Gasteiger partial charge in [-0.05, 0) is 47.2 Å². The van der Waals surface area contributed by atoms with E-state index in [1.165, 1.54) is 27.8 Å². The maximum atomic E-state index is 10.8. The SMILES string of the molecule is CC(C)(O)c1ccccc1C1c2ccccc2C(C)(C)c2ccccc21. The normalized spacial score (nSPS) is 16.0. The van der Waals surface area contributed by atoms with E-state index in [9.17, 15) is 5.11 Å². The van der Waals surface area contributed by atoms with Gasteiger partial charge in [0, 0.05) is 11.3 Å². The lowest BCUT2D eigenvalue weighted by Crippen LogP contribution is -2.31. The van der Waals surface area contributed by atoms with Crippen molar-refractivity contribution in [2.75, 3.05) is 0 Å². The molecule has 4 rings (SSSR count). The van der Waals surface area contributed by atoms with Crippen LogP contribution in [0.3, 0.4) is 0 Å². The Hall–Kier alpha value is -2.38. The smallest absolute Gasteiger partial charge is 0.0843 e. The third-order valence-corrected chi connectivity index (χ3v) is 5.82.